The molecule has 0 saturated heterocycles. The number of nitrogens with one attached hydrogen (secondary N) is 1. The van der Waals surface area contributed by atoms with Crippen molar-refractivity contribution in [3.8, 4) is 11.1 Å². The van der Waals surface area contributed by atoms with Crippen LogP contribution in [0.5, 0.6) is 0 Å². The van der Waals surface area contributed by atoms with Crippen LogP contribution in [0.3, 0.4) is 0 Å². The lowest BCUT2D eigenvalue weighted by atomic mass is 10.0. The van der Waals surface area contributed by atoms with E-state index in [1.807, 2.05) is 18.8 Å². The van der Waals surface area contributed by atoms with Crippen molar-refractivity contribution in [3.63, 3.8) is 0 Å². The van der Waals surface area contributed by atoms with Crippen LogP contribution < -0.4 is 5.32 Å². The Morgan fingerprint density at radius 3 is 2.44 bits per heavy atom. The fourth-order valence-corrected chi connectivity index (χ4v) is 2.25. The van der Waals surface area contributed by atoms with Crippen molar-refractivity contribution in [2.75, 3.05) is 7.05 Å². The number of aryl methyl sites for hydroxylation is 2. The Balaban J connectivity index is 2.47. The van der Waals surface area contributed by atoms with Gasteiger partial charge in [0.05, 0.1) is 5.69 Å². The van der Waals surface area contributed by atoms with E-state index in [4.69, 9.17) is 0 Å². The van der Waals surface area contributed by atoms with Crippen molar-refractivity contribution in [1.29, 1.82) is 0 Å². The van der Waals surface area contributed by atoms with Crippen LogP contribution in [0, 0.1) is 6.92 Å². The minimum Gasteiger partial charge on any atom is -0.314 e. The number of aromatic nitrogens is 2. The summed E-state index contributed by atoms with van der Waals surface area (Å²) in [5, 5.41) is 7.75. The lowest BCUT2D eigenvalue weighted by Crippen LogP contribution is -2.07. The molecule has 1 N–H and O–H groups in total. The first-order valence-electron chi connectivity index (χ1n) is 6.43. The molecule has 1 aromatic carbocycles. The molecule has 1 aromatic heterocycles. The van der Waals surface area contributed by atoms with E-state index in [9.17, 15) is 0 Å². The quantitative estimate of drug-likeness (QED) is 0.894. The Morgan fingerprint density at radius 1 is 1.22 bits per heavy atom. The molecular weight excluding hydrogens is 222 g/mol. The number of nitrogens with zero attached hydrogens (tertiary/aromatic N) is 2. The minimum atomic E-state index is 0.798. The van der Waals surface area contributed by atoms with Crippen molar-refractivity contribution in [2.24, 2.45) is 7.05 Å². The van der Waals surface area contributed by atoms with Gasteiger partial charge in [0.15, 0.2) is 0 Å². The molecule has 0 atom stereocenters. The van der Waals surface area contributed by atoms with Gasteiger partial charge in [0.25, 0.3) is 0 Å². The average molecular weight is 243 g/mol. The van der Waals surface area contributed by atoms with Gasteiger partial charge in [-0.2, -0.15) is 5.10 Å². The number of rotatable bonds is 4. The van der Waals surface area contributed by atoms with E-state index in [1.54, 1.807) is 0 Å². The summed E-state index contributed by atoms with van der Waals surface area (Å²) in [6, 6.07) is 8.79. The van der Waals surface area contributed by atoms with Gasteiger partial charge in [-0.25, -0.2) is 0 Å². The summed E-state index contributed by atoms with van der Waals surface area (Å²) in [5.74, 6) is 0. The zero-order valence-corrected chi connectivity index (χ0v) is 11.6. The largest absolute Gasteiger partial charge is 0.314 e. The molecule has 1 heterocycles. The highest BCUT2D eigenvalue weighted by Crippen LogP contribution is 2.27. The van der Waals surface area contributed by atoms with Crippen LogP contribution >= 0.6 is 0 Å². The molecule has 0 saturated carbocycles. The molecule has 0 aliphatic rings. The lowest BCUT2D eigenvalue weighted by Gasteiger charge is -2.05. The molecule has 2 aromatic rings. The van der Waals surface area contributed by atoms with Crippen LogP contribution in [0.1, 0.15) is 23.9 Å². The molecule has 3 heteroatoms. The predicted molar refractivity (Wildman–Crippen MR) is 75.5 cm³/mol. The second kappa shape index (κ2) is 5.36. The summed E-state index contributed by atoms with van der Waals surface area (Å²) in [5.41, 5.74) is 6.21. The molecule has 0 aliphatic carbocycles. The van der Waals surface area contributed by atoms with Crippen LogP contribution in [0.2, 0.25) is 0 Å². The summed E-state index contributed by atoms with van der Waals surface area (Å²) in [6.07, 6.45) is 1.08. The highest BCUT2D eigenvalue weighted by molar-refractivity contribution is 5.69. The van der Waals surface area contributed by atoms with Gasteiger partial charge in [-0.15, -0.1) is 0 Å². The maximum Gasteiger partial charge on any atom is 0.0843 e. The normalized spacial score (nSPS) is 10.9. The topological polar surface area (TPSA) is 29.9 Å². The molecule has 96 valence electrons. The molecule has 3 nitrogen and oxygen atoms in total. The maximum absolute atomic E-state index is 4.57. The summed E-state index contributed by atoms with van der Waals surface area (Å²) in [7, 11) is 3.95. The van der Waals surface area contributed by atoms with Crippen molar-refractivity contribution in [2.45, 2.75) is 26.8 Å². The van der Waals surface area contributed by atoms with Gasteiger partial charge in [0.2, 0.25) is 0 Å². The monoisotopic (exact) mass is 243 g/mol. The third kappa shape index (κ3) is 2.31. The van der Waals surface area contributed by atoms with Crippen molar-refractivity contribution >= 4 is 0 Å². The first kappa shape index (κ1) is 12.8. The molecule has 0 unspecified atom stereocenters. The predicted octanol–water partition coefficient (Wildman–Crippen LogP) is 2.68. The number of hydrogen-bond acceptors (Lipinski definition) is 2. The standard InChI is InChI=1S/C15H21N3/c1-5-12-6-8-13(9-7-12)15-11(2)18(4)17-14(15)10-16-3/h6-9,16H,5,10H2,1-4H3. The molecule has 0 radical (unpaired) electrons. The Morgan fingerprint density at radius 2 is 1.89 bits per heavy atom. The van der Waals surface area contributed by atoms with E-state index in [2.05, 4.69) is 48.5 Å². The molecule has 0 bridgehead atoms. The fraction of sp³-hybridized carbons (Fsp3) is 0.400. The third-order valence-electron chi connectivity index (χ3n) is 3.40. The molecule has 18 heavy (non-hydrogen) atoms. The average Bonchev–Trinajstić information content (AvgIpc) is 2.66. The lowest BCUT2D eigenvalue weighted by molar-refractivity contribution is 0.698. The molecule has 2 rings (SSSR count). The summed E-state index contributed by atoms with van der Waals surface area (Å²) in [4.78, 5) is 0. The smallest absolute Gasteiger partial charge is 0.0843 e. The summed E-state index contributed by atoms with van der Waals surface area (Å²) in [6.45, 7) is 5.10. The van der Waals surface area contributed by atoms with Crippen LogP contribution in [0.25, 0.3) is 11.1 Å². The Bertz CT molecular complexity index is 523. The summed E-state index contributed by atoms with van der Waals surface area (Å²) < 4.78 is 1.95. The van der Waals surface area contributed by atoms with Gasteiger partial charge >= 0.3 is 0 Å². The van der Waals surface area contributed by atoms with Gasteiger partial charge in [0.1, 0.15) is 0 Å². The van der Waals surface area contributed by atoms with Gasteiger partial charge in [-0.05, 0) is 31.5 Å². The van der Waals surface area contributed by atoms with Gasteiger partial charge < -0.3 is 5.32 Å². The van der Waals surface area contributed by atoms with Crippen molar-refractivity contribution in [3.05, 3.63) is 41.2 Å². The van der Waals surface area contributed by atoms with E-state index in [0.29, 0.717) is 0 Å². The second-order valence-electron chi connectivity index (χ2n) is 4.61. The van der Waals surface area contributed by atoms with Crippen LogP contribution in [0.15, 0.2) is 24.3 Å². The number of hydrogen-bond donors (Lipinski definition) is 1. The van der Waals surface area contributed by atoms with Crippen LogP contribution in [0.4, 0.5) is 0 Å². The Hall–Kier alpha value is -1.61. The van der Waals surface area contributed by atoms with Crippen molar-refractivity contribution in [1.82, 2.24) is 15.1 Å². The van der Waals surface area contributed by atoms with E-state index in [1.165, 1.54) is 22.4 Å². The SMILES string of the molecule is CCc1ccc(-c2c(CNC)nn(C)c2C)cc1. The zero-order chi connectivity index (χ0) is 13.1. The van der Waals surface area contributed by atoms with Crippen LogP contribution in [-0.2, 0) is 20.0 Å². The minimum absolute atomic E-state index is 0.798. The van der Waals surface area contributed by atoms with Crippen LogP contribution in [-0.4, -0.2) is 16.8 Å². The first-order valence-corrected chi connectivity index (χ1v) is 6.43. The molecular formula is C15H21N3. The second-order valence-corrected chi connectivity index (χ2v) is 4.61. The van der Waals surface area contributed by atoms with Gasteiger partial charge in [-0.1, -0.05) is 31.2 Å². The maximum atomic E-state index is 4.57. The summed E-state index contributed by atoms with van der Waals surface area (Å²) >= 11 is 0. The zero-order valence-electron chi connectivity index (χ0n) is 11.6. The van der Waals surface area contributed by atoms with E-state index >= 15 is 0 Å². The first-order chi connectivity index (χ1) is 8.67. The van der Waals surface area contributed by atoms with E-state index in [0.717, 1.165) is 18.7 Å². The highest BCUT2D eigenvalue weighted by atomic mass is 15.3. The molecule has 0 fully saturated rings. The molecule has 0 aliphatic heterocycles. The highest BCUT2D eigenvalue weighted by Gasteiger charge is 2.13. The van der Waals surface area contributed by atoms with Gasteiger partial charge in [0, 0.05) is 24.8 Å². The number of benzene rings is 1. The van der Waals surface area contributed by atoms with Crippen molar-refractivity contribution < 1.29 is 0 Å². The Kier molecular flexibility index (Phi) is 3.82. The Labute approximate surface area is 109 Å². The molecule has 0 spiro atoms. The third-order valence-corrected chi connectivity index (χ3v) is 3.40. The fourth-order valence-electron chi connectivity index (χ4n) is 2.25. The van der Waals surface area contributed by atoms with E-state index in [-0.39, 0.29) is 0 Å². The van der Waals surface area contributed by atoms with Gasteiger partial charge in [-0.3, -0.25) is 4.68 Å². The molecule has 0 amide bonds. The van der Waals surface area contributed by atoms with E-state index < -0.39 is 0 Å².